The summed E-state index contributed by atoms with van der Waals surface area (Å²) in [5.74, 6) is 3.13. The molecule has 0 atom stereocenters. The fourth-order valence-corrected chi connectivity index (χ4v) is 6.56. The molecule has 0 spiro atoms. The molecule has 4 bridgehead atoms. The first-order chi connectivity index (χ1) is 14.1. The number of hydrogen-bond acceptors (Lipinski definition) is 3. The normalized spacial score (nSPS) is 30.0. The Kier molecular flexibility index (Phi) is 3.68. The van der Waals surface area contributed by atoms with Crippen LogP contribution in [0.15, 0.2) is 46.9 Å². The van der Waals surface area contributed by atoms with Crippen LogP contribution in [0.2, 0.25) is 0 Å². The van der Waals surface area contributed by atoms with Crippen molar-refractivity contribution in [1.29, 1.82) is 0 Å². The number of carbonyl (C=O) groups excluding carboxylic acids is 1. The lowest BCUT2D eigenvalue weighted by Crippen LogP contribution is -2.51. The summed E-state index contributed by atoms with van der Waals surface area (Å²) < 4.78 is 6.02. The zero-order valence-electron chi connectivity index (χ0n) is 16.8. The molecule has 0 unspecified atom stereocenters. The van der Waals surface area contributed by atoms with E-state index in [0.717, 1.165) is 53.8 Å². The second-order valence-electron chi connectivity index (χ2n) is 9.72. The summed E-state index contributed by atoms with van der Waals surface area (Å²) in [7, 11) is 0. The number of amides is 1. The quantitative estimate of drug-likeness (QED) is 0.604. The molecule has 4 saturated carbocycles. The Balaban J connectivity index is 1.27. The van der Waals surface area contributed by atoms with Crippen molar-refractivity contribution in [3.8, 4) is 11.5 Å². The SMILES string of the molecule is Cc1cccc(-c2nc3ccc(NC(=O)C45CC6CC(CC(C6)C4)C5)cc3o2)c1. The number of aryl methyl sites for hydroxylation is 1. The predicted octanol–water partition coefficient (Wildman–Crippen LogP) is 5.96. The van der Waals surface area contributed by atoms with Crippen LogP contribution in [-0.4, -0.2) is 10.9 Å². The van der Waals surface area contributed by atoms with Gasteiger partial charge >= 0.3 is 0 Å². The zero-order valence-corrected chi connectivity index (χ0v) is 16.8. The molecular formula is C25H26N2O2. The number of anilines is 1. The van der Waals surface area contributed by atoms with Crippen molar-refractivity contribution >= 4 is 22.7 Å². The van der Waals surface area contributed by atoms with E-state index in [9.17, 15) is 4.79 Å². The van der Waals surface area contributed by atoms with Crippen LogP contribution >= 0.6 is 0 Å². The molecule has 1 amide bonds. The van der Waals surface area contributed by atoms with Crippen molar-refractivity contribution in [1.82, 2.24) is 4.98 Å². The van der Waals surface area contributed by atoms with Crippen molar-refractivity contribution in [2.24, 2.45) is 23.2 Å². The van der Waals surface area contributed by atoms with Gasteiger partial charge in [-0.1, -0.05) is 17.7 Å². The topological polar surface area (TPSA) is 55.1 Å². The minimum atomic E-state index is -0.141. The van der Waals surface area contributed by atoms with Crippen LogP contribution < -0.4 is 5.32 Å². The van der Waals surface area contributed by atoms with Gasteiger partial charge in [0.1, 0.15) is 5.52 Å². The molecule has 4 aliphatic rings. The molecular weight excluding hydrogens is 360 g/mol. The van der Waals surface area contributed by atoms with Gasteiger partial charge in [-0.05, 0) is 87.5 Å². The molecule has 4 heteroatoms. The van der Waals surface area contributed by atoms with Gasteiger partial charge in [-0.3, -0.25) is 4.79 Å². The van der Waals surface area contributed by atoms with Gasteiger partial charge in [-0.2, -0.15) is 0 Å². The standard InChI is InChI=1S/C25H26N2O2/c1-15-3-2-4-19(7-15)23-27-21-6-5-20(11-22(21)29-23)26-24(28)25-12-16-8-17(13-25)10-18(9-16)14-25/h2-7,11,16-18H,8-10,12-14H2,1H3,(H,26,28). The van der Waals surface area contributed by atoms with E-state index in [4.69, 9.17) is 4.42 Å². The van der Waals surface area contributed by atoms with Gasteiger partial charge in [0, 0.05) is 17.3 Å². The smallest absolute Gasteiger partial charge is 0.230 e. The third kappa shape index (κ3) is 2.88. The average Bonchev–Trinajstić information content (AvgIpc) is 3.10. The average molecular weight is 386 g/mol. The summed E-state index contributed by atoms with van der Waals surface area (Å²) in [6, 6.07) is 13.9. The van der Waals surface area contributed by atoms with E-state index in [1.807, 2.05) is 30.3 Å². The molecule has 3 aromatic rings. The second kappa shape index (κ2) is 6.19. The van der Waals surface area contributed by atoms with Crippen LogP contribution in [0, 0.1) is 30.1 Å². The Bertz CT molecular complexity index is 1080. The number of aromatic nitrogens is 1. The summed E-state index contributed by atoms with van der Waals surface area (Å²) in [4.78, 5) is 17.9. The molecule has 4 nitrogen and oxygen atoms in total. The number of nitrogens with zero attached hydrogens (tertiary/aromatic N) is 1. The Labute approximate surface area is 170 Å². The molecule has 0 radical (unpaired) electrons. The molecule has 1 heterocycles. The first-order valence-electron chi connectivity index (χ1n) is 10.9. The van der Waals surface area contributed by atoms with Crippen molar-refractivity contribution in [2.45, 2.75) is 45.4 Å². The lowest BCUT2D eigenvalue weighted by atomic mass is 9.49. The molecule has 4 aliphatic carbocycles. The van der Waals surface area contributed by atoms with Crippen LogP contribution in [-0.2, 0) is 4.79 Å². The predicted molar refractivity (Wildman–Crippen MR) is 113 cm³/mol. The molecule has 1 aromatic heterocycles. The van der Waals surface area contributed by atoms with E-state index in [1.54, 1.807) is 0 Å². The third-order valence-electron chi connectivity index (χ3n) is 7.43. The Morgan fingerprint density at radius 2 is 1.76 bits per heavy atom. The molecule has 0 aliphatic heterocycles. The number of rotatable bonds is 3. The molecule has 148 valence electrons. The van der Waals surface area contributed by atoms with Gasteiger partial charge in [0.15, 0.2) is 5.58 Å². The highest BCUT2D eigenvalue weighted by molar-refractivity contribution is 5.97. The van der Waals surface area contributed by atoms with E-state index in [-0.39, 0.29) is 11.3 Å². The van der Waals surface area contributed by atoms with Gasteiger partial charge in [0.05, 0.1) is 5.41 Å². The van der Waals surface area contributed by atoms with Crippen LogP contribution in [0.25, 0.3) is 22.6 Å². The van der Waals surface area contributed by atoms with Crippen molar-refractivity contribution in [2.75, 3.05) is 5.32 Å². The lowest BCUT2D eigenvalue weighted by Gasteiger charge is -2.55. The van der Waals surface area contributed by atoms with E-state index < -0.39 is 0 Å². The number of nitrogens with one attached hydrogen (secondary N) is 1. The second-order valence-corrected chi connectivity index (χ2v) is 9.72. The van der Waals surface area contributed by atoms with Gasteiger partial charge in [0.25, 0.3) is 0 Å². The summed E-state index contributed by atoms with van der Waals surface area (Å²) in [6.45, 7) is 2.06. The van der Waals surface area contributed by atoms with Crippen molar-refractivity contribution in [3.05, 3.63) is 48.0 Å². The lowest BCUT2D eigenvalue weighted by molar-refractivity contribution is -0.140. The van der Waals surface area contributed by atoms with Crippen LogP contribution in [0.4, 0.5) is 5.69 Å². The number of hydrogen-bond donors (Lipinski definition) is 1. The summed E-state index contributed by atoms with van der Waals surface area (Å²) >= 11 is 0. The Morgan fingerprint density at radius 3 is 2.45 bits per heavy atom. The van der Waals surface area contributed by atoms with Gasteiger partial charge in [-0.15, -0.1) is 0 Å². The minimum absolute atomic E-state index is 0.141. The van der Waals surface area contributed by atoms with Crippen molar-refractivity contribution in [3.63, 3.8) is 0 Å². The highest BCUT2D eigenvalue weighted by Gasteiger charge is 2.54. The minimum Gasteiger partial charge on any atom is -0.436 e. The maximum atomic E-state index is 13.3. The molecule has 7 rings (SSSR count). The van der Waals surface area contributed by atoms with E-state index in [0.29, 0.717) is 11.5 Å². The van der Waals surface area contributed by atoms with Crippen LogP contribution in [0.1, 0.15) is 44.1 Å². The van der Waals surface area contributed by atoms with Gasteiger partial charge in [0.2, 0.25) is 11.8 Å². The molecule has 0 saturated heterocycles. The fraction of sp³-hybridized carbons (Fsp3) is 0.440. The van der Waals surface area contributed by atoms with E-state index in [1.165, 1.54) is 24.8 Å². The largest absolute Gasteiger partial charge is 0.436 e. The fourth-order valence-electron chi connectivity index (χ4n) is 6.56. The first kappa shape index (κ1) is 17.3. The van der Waals surface area contributed by atoms with Gasteiger partial charge < -0.3 is 9.73 Å². The molecule has 2 aromatic carbocycles. The highest BCUT2D eigenvalue weighted by atomic mass is 16.3. The highest BCUT2D eigenvalue weighted by Crippen LogP contribution is 2.60. The van der Waals surface area contributed by atoms with E-state index >= 15 is 0 Å². The number of fused-ring (bicyclic) bond motifs is 1. The first-order valence-corrected chi connectivity index (χ1v) is 10.9. The Morgan fingerprint density at radius 1 is 1.03 bits per heavy atom. The van der Waals surface area contributed by atoms with Gasteiger partial charge in [-0.25, -0.2) is 4.98 Å². The third-order valence-corrected chi connectivity index (χ3v) is 7.43. The van der Waals surface area contributed by atoms with Crippen LogP contribution in [0.5, 0.6) is 0 Å². The molecule has 1 N–H and O–H groups in total. The maximum Gasteiger partial charge on any atom is 0.230 e. The number of oxazole rings is 1. The summed E-state index contributed by atoms with van der Waals surface area (Å²) in [5, 5.41) is 3.22. The summed E-state index contributed by atoms with van der Waals surface area (Å²) in [6.07, 6.45) is 7.27. The van der Waals surface area contributed by atoms with Crippen LogP contribution in [0.3, 0.4) is 0 Å². The molecule has 29 heavy (non-hydrogen) atoms. The zero-order chi connectivity index (χ0) is 19.6. The van der Waals surface area contributed by atoms with E-state index in [2.05, 4.69) is 29.4 Å². The maximum absolute atomic E-state index is 13.3. The monoisotopic (exact) mass is 386 g/mol. The number of benzene rings is 2. The Hall–Kier alpha value is -2.62. The molecule has 4 fully saturated rings. The number of carbonyl (C=O) groups is 1. The summed E-state index contributed by atoms with van der Waals surface area (Å²) in [5.41, 5.74) is 4.34. The van der Waals surface area contributed by atoms with Crippen molar-refractivity contribution < 1.29 is 9.21 Å².